The second kappa shape index (κ2) is 6.70. The van der Waals surface area contributed by atoms with Gasteiger partial charge in [0.2, 0.25) is 10.0 Å². The molecule has 96 valence electrons. The lowest BCUT2D eigenvalue weighted by Crippen LogP contribution is -2.31. The second-order valence-electron chi connectivity index (χ2n) is 3.54. The van der Waals surface area contributed by atoms with Crippen LogP contribution in [0.4, 0.5) is 0 Å². The van der Waals surface area contributed by atoms with Crippen molar-refractivity contribution in [2.24, 2.45) is 0 Å². The predicted molar refractivity (Wildman–Crippen MR) is 66.3 cm³/mol. The lowest BCUT2D eigenvalue weighted by Gasteiger charge is -2.10. The summed E-state index contributed by atoms with van der Waals surface area (Å²) in [5.74, 6) is 0. The van der Waals surface area contributed by atoms with Gasteiger partial charge in [0.25, 0.3) is 0 Å². The van der Waals surface area contributed by atoms with Crippen LogP contribution < -0.4 is 10.0 Å². The predicted octanol–water partition coefficient (Wildman–Crippen LogP) is 0.331. The molecule has 0 heterocycles. The van der Waals surface area contributed by atoms with Crippen LogP contribution in [0.2, 0.25) is 0 Å². The Balaban J connectivity index is 2.89. The Morgan fingerprint density at radius 2 is 1.94 bits per heavy atom. The van der Waals surface area contributed by atoms with Crippen molar-refractivity contribution >= 4 is 10.0 Å². The smallest absolute Gasteiger partial charge is 0.240 e. The largest absolute Gasteiger partial charge is 0.380 e. The number of likely N-dealkylation sites (N-methyl/N-ethyl adjacent to an activating group) is 1. The van der Waals surface area contributed by atoms with E-state index in [9.17, 15) is 8.42 Å². The number of ether oxygens (including phenoxy) is 1. The summed E-state index contributed by atoms with van der Waals surface area (Å²) in [6.45, 7) is 1.23. The second-order valence-corrected chi connectivity index (χ2v) is 5.28. The Kier molecular flexibility index (Phi) is 5.57. The molecule has 0 saturated carbocycles. The molecule has 0 radical (unpaired) electrons. The zero-order valence-electron chi connectivity index (χ0n) is 10.1. The van der Waals surface area contributed by atoms with E-state index in [0.29, 0.717) is 18.7 Å². The molecule has 0 aliphatic rings. The van der Waals surface area contributed by atoms with Crippen LogP contribution in [0.5, 0.6) is 0 Å². The molecule has 5 nitrogen and oxygen atoms in total. The van der Waals surface area contributed by atoms with Crippen LogP contribution in [-0.4, -0.2) is 35.7 Å². The van der Waals surface area contributed by atoms with Gasteiger partial charge in [0, 0.05) is 20.2 Å². The first-order valence-electron chi connectivity index (χ1n) is 5.33. The van der Waals surface area contributed by atoms with Crippen LogP contribution in [-0.2, 0) is 21.4 Å². The van der Waals surface area contributed by atoms with Gasteiger partial charge in [0.1, 0.15) is 0 Å². The van der Waals surface area contributed by atoms with Gasteiger partial charge in [-0.2, -0.15) is 0 Å². The number of nitrogens with one attached hydrogen (secondary N) is 2. The van der Waals surface area contributed by atoms with Crippen molar-refractivity contribution in [2.45, 2.75) is 11.5 Å². The Morgan fingerprint density at radius 1 is 1.24 bits per heavy atom. The van der Waals surface area contributed by atoms with E-state index < -0.39 is 10.0 Å². The van der Waals surface area contributed by atoms with Gasteiger partial charge in [0.15, 0.2) is 0 Å². The third-order valence-electron chi connectivity index (χ3n) is 2.23. The molecule has 0 aliphatic carbocycles. The zero-order valence-corrected chi connectivity index (χ0v) is 10.9. The molecular weight excluding hydrogens is 240 g/mol. The van der Waals surface area contributed by atoms with E-state index in [1.165, 1.54) is 7.11 Å². The zero-order chi connectivity index (χ0) is 12.7. The highest BCUT2D eigenvalue weighted by atomic mass is 32.2. The SMILES string of the molecule is CNCCNS(=O)(=O)c1ccccc1COC. The van der Waals surface area contributed by atoms with Crippen LogP contribution in [0.1, 0.15) is 5.56 Å². The van der Waals surface area contributed by atoms with Crippen LogP contribution >= 0.6 is 0 Å². The topological polar surface area (TPSA) is 67.4 Å². The van der Waals surface area contributed by atoms with Crippen LogP contribution in [0.25, 0.3) is 0 Å². The normalized spacial score (nSPS) is 11.6. The summed E-state index contributed by atoms with van der Waals surface area (Å²) in [4.78, 5) is 0.276. The molecule has 1 rings (SSSR count). The summed E-state index contributed by atoms with van der Waals surface area (Å²) in [5, 5.41) is 2.88. The maximum Gasteiger partial charge on any atom is 0.240 e. The summed E-state index contributed by atoms with van der Waals surface area (Å²) in [6.07, 6.45) is 0. The van der Waals surface area contributed by atoms with Gasteiger partial charge in [-0.3, -0.25) is 0 Å². The van der Waals surface area contributed by atoms with Gasteiger partial charge >= 0.3 is 0 Å². The first kappa shape index (κ1) is 14.1. The van der Waals surface area contributed by atoms with Crippen molar-refractivity contribution in [3.05, 3.63) is 29.8 Å². The molecule has 0 spiro atoms. The van der Waals surface area contributed by atoms with Crippen molar-refractivity contribution in [1.82, 2.24) is 10.0 Å². The van der Waals surface area contributed by atoms with Crippen molar-refractivity contribution < 1.29 is 13.2 Å². The fourth-order valence-electron chi connectivity index (χ4n) is 1.43. The van der Waals surface area contributed by atoms with Crippen molar-refractivity contribution in [3.8, 4) is 0 Å². The van der Waals surface area contributed by atoms with Crippen LogP contribution in [0.15, 0.2) is 29.2 Å². The van der Waals surface area contributed by atoms with E-state index in [2.05, 4.69) is 10.0 Å². The van der Waals surface area contributed by atoms with Gasteiger partial charge in [-0.25, -0.2) is 13.1 Å². The molecule has 1 aromatic rings. The molecular formula is C11H18N2O3S. The first-order valence-corrected chi connectivity index (χ1v) is 6.81. The number of rotatable bonds is 7. The van der Waals surface area contributed by atoms with Crippen molar-refractivity contribution in [3.63, 3.8) is 0 Å². The maximum atomic E-state index is 12.0. The average Bonchev–Trinajstić information content (AvgIpc) is 2.30. The maximum absolute atomic E-state index is 12.0. The Labute approximate surface area is 102 Å². The fraction of sp³-hybridized carbons (Fsp3) is 0.455. The van der Waals surface area contributed by atoms with E-state index in [0.717, 1.165) is 0 Å². The first-order chi connectivity index (χ1) is 8.11. The number of hydrogen-bond acceptors (Lipinski definition) is 4. The summed E-state index contributed by atoms with van der Waals surface area (Å²) < 4.78 is 31.5. The number of hydrogen-bond donors (Lipinski definition) is 2. The van der Waals surface area contributed by atoms with Crippen LogP contribution in [0, 0.1) is 0 Å². The lowest BCUT2D eigenvalue weighted by molar-refractivity contribution is 0.182. The highest BCUT2D eigenvalue weighted by molar-refractivity contribution is 7.89. The summed E-state index contributed by atoms with van der Waals surface area (Å²) in [5.41, 5.74) is 0.659. The highest BCUT2D eigenvalue weighted by Crippen LogP contribution is 2.15. The molecule has 0 fully saturated rings. The molecule has 0 unspecified atom stereocenters. The standard InChI is InChI=1S/C11H18N2O3S/c1-12-7-8-13-17(14,15)11-6-4-3-5-10(11)9-16-2/h3-6,12-13H,7-9H2,1-2H3. The van der Waals surface area contributed by atoms with E-state index >= 15 is 0 Å². The van der Waals surface area contributed by atoms with Gasteiger partial charge in [-0.15, -0.1) is 0 Å². The van der Waals surface area contributed by atoms with Crippen molar-refractivity contribution in [1.29, 1.82) is 0 Å². The molecule has 0 amide bonds. The summed E-state index contributed by atoms with van der Waals surface area (Å²) >= 11 is 0. The Bertz CT molecular complexity index is 446. The Morgan fingerprint density at radius 3 is 2.59 bits per heavy atom. The molecule has 2 N–H and O–H groups in total. The molecule has 17 heavy (non-hydrogen) atoms. The van der Waals surface area contributed by atoms with Gasteiger partial charge in [-0.1, -0.05) is 18.2 Å². The van der Waals surface area contributed by atoms with Gasteiger partial charge in [0.05, 0.1) is 11.5 Å². The quantitative estimate of drug-likeness (QED) is 0.692. The third-order valence-corrected chi connectivity index (χ3v) is 3.79. The number of sulfonamides is 1. The monoisotopic (exact) mass is 258 g/mol. The molecule has 0 saturated heterocycles. The minimum absolute atomic E-state index is 0.276. The average molecular weight is 258 g/mol. The van der Waals surface area contributed by atoms with E-state index in [1.54, 1.807) is 31.3 Å². The molecule has 0 bridgehead atoms. The van der Waals surface area contributed by atoms with Crippen molar-refractivity contribution in [2.75, 3.05) is 27.2 Å². The van der Waals surface area contributed by atoms with Gasteiger partial charge in [-0.05, 0) is 18.7 Å². The molecule has 1 aromatic carbocycles. The van der Waals surface area contributed by atoms with Crippen LogP contribution in [0.3, 0.4) is 0 Å². The van der Waals surface area contributed by atoms with E-state index in [1.807, 2.05) is 0 Å². The van der Waals surface area contributed by atoms with Gasteiger partial charge < -0.3 is 10.1 Å². The molecule has 6 heteroatoms. The summed E-state index contributed by atoms with van der Waals surface area (Å²) in [7, 11) is -0.145. The number of methoxy groups -OCH3 is 1. The summed E-state index contributed by atoms with van der Waals surface area (Å²) in [6, 6.07) is 6.82. The third kappa shape index (κ3) is 4.08. The molecule has 0 aromatic heterocycles. The molecule has 0 atom stereocenters. The number of benzene rings is 1. The minimum atomic E-state index is -3.46. The fourth-order valence-corrected chi connectivity index (χ4v) is 2.69. The highest BCUT2D eigenvalue weighted by Gasteiger charge is 2.16. The molecule has 0 aliphatic heterocycles. The Hall–Kier alpha value is -0.950. The van der Waals surface area contributed by atoms with E-state index in [-0.39, 0.29) is 11.5 Å². The van der Waals surface area contributed by atoms with E-state index in [4.69, 9.17) is 4.74 Å². The lowest BCUT2D eigenvalue weighted by atomic mass is 10.2. The minimum Gasteiger partial charge on any atom is -0.380 e.